The molecule has 0 N–H and O–H groups in total. The summed E-state index contributed by atoms with van der Waals surface area (Å²) in [7, 11) is 3.49. The molecule has 0 aliphatic heterocycles. The van der Waals surface area contributed by atoms with Crippen molar-refractivity contribution < 1.29 is 9.53 Å². The van der Waals surface area contributed by atoms with Gasteiger partial charge < -0.3 is 9.30 Å². The van der Waals surface area contributed by atoms with Crippen molar-refractivity contribution >= 4 is 6.29 Å². The van der Waals surface area contributed by atoms with Gasteiger partial charge in [-0.25, -0.2) is 4.98 Å². The van der Waals surface area contributed by atoms with Crippen LogP contribution in [0.2, 0.25) is 0 Å². The minimum Gasteiger partial charge on any atom is -0.496 e. The first-order chi connectivity index (χ1) is 8.58. The fourth-order valence-corrected chi connectivity index (χ4v) is 2.01. The van der Waals surface area contributed by atoms with Crippen molar-refractivity contribution in [3.8, 4) is 17.0 Å². The number of rotatable bonds is 3. The second kappa shape index (κ2) is 4.64. The number of methoxy groups -OCH3 is 1. The number of ether oxygens (including phenoxy) is 1. The maximum absolute atomic E-state index is 11.0. The zero-order valence-electron chi connectivity index (χ0n) is 11.0. The van der Waals surface area contributed by atoms with Gasteiger partial charge in [0, 0.05) is 12.6 Å². The van der Waals surface area contributed by atoms with Crippen molar-refractivity contribution in [2.24, 2.45) is 7.05 Å². The lowest BCUT2D eigenvalue weighted by Crippen LogP contribution is -1.98. The van der Waals surface area contributed by atoms with Crippen molar-refractivity contribution in [3.63, 3.8) is 0 Å². The molecule has 0 unspecified atom stereocenters. The SMILES string of the molecule is COc1cc(C)c(C)cc1-c1c(C=O)ncn1C. The lowest BCUT2D eigenvalue weighted by atomic mass is 10.0. The Morgan fingerprint density at radius 1 is 1.28 bits per heavy atom. The Morgan fingerprint density at radius 2 is 1.94 bits per heavy atom. The molecule has 2 aromatic rings. The molecule has 18 heavy (non-hydrogen) atoms. The van der Waals surface area contributed by atoms with Crippen LogP contribution in [0.15, 0.2) is 18.5 Å². The maximum atomic E-state index is 11.0. The Labute approximate surface area is 106 Å². The van der Waals surface area contributed by atoms with Crippen LogP contribution in [0.4, 0.5) is 0 Å². The molecule has 0 saturated carbocycles. The van der Waals surface area contributed by atoms with E-state index < -0.39 is 0 Å². The quantitative estimate of drug-likeness (QED) is 0.779. The van der Waals surface area contributed by atoms with E-state index in [1.54, 1.807) is 13.4 Å². The van der Waals surface area contributed by atoms with Gasteiger partial charge in [0.05, 0.1) is 19.1 Å². The fourth-order valence-electron chi connectivity index (χ4n) is 2.01. The van der Waals surface area contributed by atoms with Gasteiger partial charge in [0.2, 0.25) is 0 Å². The number of hydrogen-bond donors (Lipinski definition) is 0. The van der Waals surface area contributed by atoms with Gasteiger partial charge in [0.15, 0.2) is 6.29 Å². The summed E-state index contributed by atoms with van der Waals surface area (Å²) in [5.41, 5.74) is 4.42. The molecule has 0 spiro atoms. The minimum absolute atomic E-state index is 0.430. The van der Waals surface area contributed by atoms with Crippen LogP contribution in [0.1, 0.15) is 21.6 Å². The summed E-state index contributed by atoms with van der Waals surface area (Å²) in [6.07, 6.45) is 2.40. The molecule has 0 aliphatic carbocycles. The second-order valence-electron chi connectivity index (χ2n) is 4.34. The molecule has 0 saturated heterocycles. The average molecular weight is 244 g/mol. The van der Waals surface area contributed by atoms with E-state index in [1.165, 1.54) is 0 Å². The number of aryl methyl sites for hydroxylation is 3. The first kappa shape index (κ1) is 12.4. The van der Waals surface area contributed by atoms with Crippen LogP contribution in [0.25, 0.3) is 11.3 Å². The molecule has 94 valence electrons. The van der Waals surface area contributed by atoms with E-state index in [0.29, 0.717) is 5.69 Å². The summed E-state index contributed by atoms with van der Waals surface area (Å²) in [5.74, 6) is 0.754. The Kier molecular flexibility index (Phi) is 3.19. The molecule has 1 heterocycles. The van der Waals surface area contributed by atoms with E-state index in [2.05, 4.69) is 4.98 Å². The van der Waals surface area contributed by atoms with Crippen molar-refractivity contribution in [1.29, 1.82) is 0 Å². The predicted octanol–water partition coefficient (Wildman–Crippen LogP) is 2.53. The van der Waals surface area contributed by atoms with Crippen molar-refractivity contribution in [2.75, 3.05) is 7.11 Å². The van der Waals surface area contributed by atoms with Crippen LogP contribution in [-0.2, 0) is 7.05 Å². The number of aromatic nitrogens is 2. The van der Waals surface area contributed by atoms with E-state index in [1.807, 2.05) is 37.6 Å². The molecule has 4 heteroatoms. The van der Waals surface area contributed by atoms with Crippen LogP contribution >= 0.6 is 0 Å². The highest BCUT2D eigenvalue weighted by molar-refractivity contribution is 5.86. The third kappa shape index (κ3) is 1.90. The second-order valence-corrected chi connectivity index (χ2v) is 4.34. The zero-order valence-corrected chi connectivity index (χ0v) is 11.0. The van der Waals surface area contributed by atoms with E-state index in [9.17, 15) is 4.79 Å². The van der Waals surface area contributed by atoms with E-state index >= 15 is 0 Å². The van der Waals surface area contributed by atoms with Crippen LogP contribution in [0, 0.1) is 13.8 Å². The molecular weight excluding hydrogens is 228 g/mol. The van der Waals surface area contributed by atoms with Gasteiger partial charge in [-0.3, -0.25) is 4.79 Å². The highest BCUT2D eigenvalue weighted by Gasteiger charge is 2.16. The summed E-state index contributed by atoms with van der Waals surface area (Å²) >= 11 is 0. The average Bonchev–Trinajstić information content (AvgIpc) is 2.73. The molecule has 0 aliphatic rings. The topological polar surface area (TPSA) is 44.1 Å². The fraction of sp³-hybridized carbons (Fsp3) is 0.286. The number of hydrogen-bond acceptors (Lipinski definition) is 3. The molecule has 0 fully saturated rings. The molecule has 0 amide bonds. The van der Waals surface area contributed by atoms with Crippen molar-refractivity contribution in [2.45, 2.75) is 13.8 Å². The summed E-state index contributed by atoms with van der Waals surface area (Å²) in [4.78, 5) is 15.1. The van der Waals surface area contributed by atoms with Gasteiger partial charge in [-0.05, 0) is 37.1 Å². The Morgan fingerprint density at radius 3 is 2.56 bits per heavy atom. The molecular formula is C14H16N2O2. The summed E-state index contributed by atoms with van der Waals surface area (Å²) in [6.45, 7) is 4.07. The maximum Gasteiger partial charge on any atom is 0.170 e. The van der Waals surface area contributed by atoms with E-state index in [-0.39, 0.29) is 0 Å². The minimum atomic E-state index is 0.430. The normalized spacial score (nSPS) is 10.4. The van der Waals surface area contributed by atoms with E-state index in [0.717, 1.165) is 34.4 Å². The monoisotopic (exact) mass is 244 g/mol. The number of carbonyl (C=O) groups excluding carboxylic acids is 1. The summed E-state index contributed by atoms with van der Waals surface area (Å²) in [6, 6.07) is 4.00. The van der Waals surface area contributed by atoms with Crippen LogP contribution in [0.3, 0.4) is 0 Å². The molecule has 4 nitrogen and oxygen atoms in total. The molecule has 0 atom stereocenters. The highest BCUT2D eigenvalue weighted by Crippen LogP contribution is 2.33. The number of carbonyl (C=O) groups is 1. The van der Waals surface area contributed by atoms with Gasteiger partial charge in [-0.2, -0.15) is 0 Å². The lowest BCUT2D eigenvalue weighted by Gasteiger charge is -2.12. The van der Waals surface area contributed by atoms with Gasteiger partial charge >= 0.3 is 0 Å². The summed E-state index contributed by atoms with van der Waals surface area (Å²) in [5, 5.41) is 0. The number of imidazole rings is 1. The summed E-state index contributed by atoms with van der Waals surface area (Å²) < 4.78 is 7.23. The Balaban J connectivity index is 2.73. The van der Waals surface area contributed by atoms with Gasteiger partial charge in [0.25, 0.3) is 0 Å². The molecule has 0 bridgehead atoms. The molecule has 0 radical (unpaired) electrons. The van der Waals surface area contributed by atoms with Crippen molar-refractivity contribution in [3.05, 3.63) is 35.3 Å². The molecule has 1 aromatic heterocycles. The third-order valence-electron chi connectivity index (χ3n) is 3.15. The van der Waals surface area contributed by atoms with Crippen LogP contribution in [-0.4, -0.2) is 22.9 Å². The number of aldehydes is 1. The standard InChI is InChI=1S/C14H16N2O2/c1-9-5-11(13(18-4)6-10(9)2)14-12(7-17)15-8-16(14)3/h5-8H,1-4H3. The number of nitrogens with zero attached hydrogens (tertiary/aromatic N) is 2. The van der Waals surface area contributed by atoms with Crippen molar-refractivity contribution in [1.82, 2.24) is 9.55 Å². The van der Waals surface area contributed by atoms with E-state index in [4.69, 9.17) is 4.74 Å². The van der Waals surface area contributed by atoms with Gasteiger partial charge in [-0.1, -0.05) is 0 Å². The Hall–Kier alpha value is -2.10. The highest BCUT2D eigenvalue weighted by atomic mass is 16.5. The van der Waals surface area contributed by atoms with Crippen LogP contribution < -0.4 is 4.74 Å². The smallest absolute Gasteiger partial charge is 0.170 e. The van der Waals surface area contributed by atoms with Gasteiger partial charge in [0.1, 0.15) is 11.4 Å². The molecule has 2 rings (SSSR count). The Bertz CT molecular complexity index is 600. The predicted molar refractivity (Wildman–Crippen MR) is 70.1 cm³/mol. The first-order valence-corrected chi connectivity index (χ1v) is 5.70. The van der Waals surface area contributed by atoms with Gasteiger partial charge in [-0.15, -0.1) is 0 Å². The lowest BCUT2D eigenvalue weighted by molar-refractivity contribution is 0.112. The largest absolute Gasteiger partial charge is 0.496 e. The zero-order chi connectivity index (χ0) is 13.3. The first-order valence-electron chi connectivity index (χ1n) is 5.70. The molecule has 1 aromatic carbocycles. The third-order valence-corrected chi connectivity index (χ3v) is 3.15. The number of benzene rings is 1. The van der Waals surface area contributed by atoms with Crippen LogP contribution in [0.5, 0.6) is 5.75 Å².